The number of ether oxygens (including phenoxy) is 1. The van der Waals surface area contributed by atoms with Gasteiger partial charge in [0.15, 0.2) is 5.78 Å². The van der Waals surface area contributed by atoms with Crippen LogP contribution in [0.25, 0.3) is 0 Å². The van der Waals surface area contributed by atoms with Crippen LogP contribution in [0.15, 0.2) is 11.8 Å². The highest BCUT2D eigenvalue weighted by Gasteiger charge is 2.38. The maximum Gasteiger partial charge on any atom is 0.241 e. The Hall–Kier alpha value is -1.24. The van der Waals surface area contributed by atoms with Crippen molar-refractivity contribution in [2.24, 2.45) is 11.3 Å². The third kappa shape index (κ3) is 4.90. The SMILES string of the molecule is CC1(C)CC(=O)C=C(NC(=O)[C@@H]2C[C@@H](O)CN2CC2CCOCC2)C1. The highest BCUT2D eigenvalue weighted by molar-refractivity contribution is 5.93. The van der Waals surface area contributed by atoms with Gasteiger partial charge in [0, 0.05) is 44.5 Å². The molecule has 2 saturated heterocycles. The average molecular weight is 350 g/mol. The molecular formula is C19H30N2O4. The number of rotatable bonds is 4. The second-order valence-corrected chi connectivity index (χ2v) is 8.56. The van der Waals surface area contributed by atoms with E-state index in [0.29, 0.717) is 37.4 Å². The summed E-state index contributed by atoms with van der Waals surface area (Å²) in [6.45, 7) is 7.01. The number of carbonyl (C=O) groups excluding carboxylic acids is 2. The largest absolute Gasteiger partial charge is 0.392 e. The molecule has 3 aliphatic rings. The molecule has 0 aromatic carbocycles. The van der Waals surface area contributed by atoms with E-state index in [2.05, 4.69) is 10.2 Å². The number of hydrogen-bond acceptors (Lipinski definition) is 5. The van der Waals surface area contributed by atoms with E-state index in [9.17, 15) is 14.7 Å². The van der Waals surface area contributed by atoms with E-state index in [4.69, 9.17) is 4.74 Å². The molecule has 0 radical (unpaired) electrons. The Morgan fingerprint density at radius 1 is 1.36 bits per heavy atom. The number of aliphatic hydroxyl groups is 1. The Balaban J connectivity index is 1.62. The number of likely N-dealkylation sites (tertiary alicyclic amines) is 1. The van der Waals surface area contributed by atoms with Crippen LogP contribution in [-0.4, -0.2) is 60.1 Å². The zero-order valence-electron chi connectivity index (χ0n) is 15.3. The van der Waals surface area contributed by atoms with Crippen molar-refractivity contribution in [1.82, 2.24) is 10.2 Å². The lowest BCUT2D eigenvalue weighted by Gasteiger charge is -2.32. The average Bonchev–Trinajstić information content (AvgIpc) is 2.87. The van der Waals surface area contributed by atoms with Crippen molar-refractivity contribution in [3.05, 3.63) is 11.8 Å². The molecule has 2 heterocycles. The summed E-state index contributed by atoms with van der Waals surface area (Å²) < 4.78 is 5.40. The minimum Gasteiger partial charge on any atom is -0.392 e. The van der Waals surface area contributed by atoms with Crippen LogP contribution in [0.2, 0.25) is 0 Å². The third-order valence-corrected chi connectivity index (χ3v) is 5.46. The Bertz CT molecular complexity index is 552. The molecule has 6 heteroatoms. The third-order valence-electron chi connectivity index (χ3n) is 5.46. The maximum absolute atomic E-state index is 12.8. The molecule has 6 nitrogen and oxygen atoms in total. The molecule has 3 rings (SSSR count). The number of nitrogens with one attached hydrogen (secondary N) is 1. The molecule has 0 saturated carbocycles. The first kappa shape index (κ1) is 18.5. The molecule has 140 valence electrons. The fourth-order valence-corrected chi connectivity index (χ4v) is 4.28. The maximum atomic E-state index is 12.8. The van der Waals surface area contributed by atoms with Gasteiger partial charge in [0.25, 0.3) is 0 Å². The fourth-order valence-electron chi connectivity index (χ4n) is 4.28. The van der Waals surface area contributed by atoms with E-state index >= 15 is 0 Å². The van der Waals surface area contributed by atoms with Gasteiger partial charge in [-0.1, -0.05) is 13.8 Å². The van der Waals surface area contributed by atoms with Crippen LogP contribution in [0.5, 0.6) is 0 Å². The van der Waals surface area contributed by atoms with Crippen molar-refractivity contribution in [1.29, 1.82) is 0 Å². The van der Waals surface area contributed by atoms with E-state index < -0.39 is 6.10 Å². The molecule has 0 aromatic heterocycles. The molecule has 2 atom stereocenters. The Morgan fingerprint density at radius 2 is 2.08 bits per heavy atom. The molecule has 0 bridgehead atoms. The highest BCUT2D eigenvalue weighted by Crippen LogP contribution is 2.33. The van der Waals surface area contributed by atoms with Gasteiger partial charge in [-0.2, -0.15) is 0 Å². The molecule has 25 heavy (non-hydrogen) atoms. The van der Waals surface area contributed by atoms with Crippen molar-refractivity contribution in [3.63, 3.8) is 0 Å². The Morgan fingerprint density at radius 3 is 2.76 bits per heavy atom. The van der Waals surface area contributed by atoms with Gasteiger partial charge in [0.05, 0.1) is 12.1 Å². The molecule has 2 aliphatic heterocycles. The molecule has 2 N–H and O–H groups in total. The summed E-state index contributed by atoms with van der Waals surface area (Å²) in [5, 5.41) is 13.0. The molecule has 1 aliphatic carbocycles. The summed E-state index contributed by atoms with van der Waals surface area (Å²) in [5.74, 6) is 0.487. The Kier molecular flexibility index (Phi) is 5.61. The standard InChI is InChI=1S/C19H30N2O4/c1-19(2)9-14(7-15(22)10-19)20-18(24)17-8-16(23)12-21(17)11-13-3-5-25-6-4-13/h7,13,16-17,23H,3-6,8-12H2,1-2H3,(H,20,24)/t16-,17+/m1/s1. The molecular weight excluding hydrogens is 320 g/mol. The second-order valence-electron chi connectivity index (χ2n) is 8.56. The lowest BCUT2D eigenvalue weighted by Crippen LogP contribution is -2.46. The zero-order chi connectivity index (χ0) is 18.0. The van der Waals surface area contributed by atoms with Gasteiger partial charge in [-0.05, 0) is 37.0 Å². The quantitative estimate of drug-likeness (QED) is 0.797. The number of allylic oxidation sites excluding steroid dienone is 2. The summed E-state index contributed by atoms with van der Waals surface area (Å²) >= 11 is 0. The molecule has 0 aromatic rings. The van der Waals surface area contributed by atoms with Crippen molar-refractivity contribution < 1.29 is 19.4 Å². The van der Waals surface area contributed by atoms with E-state index in [1.165, 1.54) is 0 Å². The number of aliphatic hydroxyl groups excluding tert-OH is 1. The number of amides is 1. The van der Waals surface area contributed by atoms with Gasteiger partial charge >= 0.3 is 0 Å². The van der Waals surface area contributed by atoms with E-state index in [1.54, 1.807) is 6.08 Å². The van der Waals surface area contributed by atoms with Crippen molar-refractivity contribution >= 4 is 11.7 Å². The molecule has 0 spiro atoms. The molecule has 2 fully saturated rings. The number of ketones is 1. The predicted molar refractivity (Wildman–Crippen MR) is 93.8 cm³/mol. The van der Waals surface area contributed by atoms with Gasteiger partial charge in [0.2, 0.25) is 5.91 Å². The zero-order valence-corrected chi connectivity index (χ0v) is 15.3. The lowest BCUT2D eigenvalue weighted by molar-refractivity contribution is -0.125. The summed E-state index contributed by atoms with van der Waals surface area (Å²) in [6.07, 6.45) is 4.79. The van der Waals surface area contributed by atoms with Crippen LogP contribution in [0.1, 0.15) is 46.0 Å². The second kappa shape index (κ2) is 7.56. The lowest BCUT2D eigenvalue weighted by atomic mass is 9.79. The van der Waals surface area contributed by atoms with Gasteiger partial charge < -0.3 is 15.2 Å². The summed E-state index contributed by atoms with van der Waals surface area (Å²) in [7, 11) is 0. The van der Waals surface area contributed by atoms with Crippen molar-refractivity contribution in [2.45, 2.75) is 58.1 Å². The van der Waals surface area contributed by atoms with Crippen molar-refractivity contribution in [3.8, 4) is 0 Å². The van der Waals surface area contributed by atoms with Gasteiger partial charge in [0.1, 0.15) is 0 Å². The van der Waals surface area contributed by atoms with Gasteiger partial charge in [-0.3, -0.25) is 14.5 Å². The summed E-state index contributed by atoms with van der Waals surface area (Å²) in [4.78, 5) is 26.8. The van der Waals surface area contributed by atoms with Crippen LogP contribution in [-0.2, 0) is 14.3 Å². The van der Waals surface area contributed by atoms with E-state index in [1.807, 2.05) is 13.8 Å². The number of β-amino-alcohol motifs (C(OH)–C–C–N with tert-alkyl or cyclic N) is 1. The normalized spacial score (nSPS) is 31.0. The van der Waals surface area contributed by atoms with Crippen LogP contribution >= 0.6 is 0 Å². The number of nitrogens with zero attached hydrogens (tertiary/aromatic N) is 1. The smallest absolute Gasteiger partial charge is 0.241 e. The Labute approximate surface area is 149 Å². The minimum atomic E-state index is -0.464. The van der Waals surface area contributed by atoms with Gasteiger partial charge in [-0.25, -0.2) is 0 Å². The number of hydrogen-bond donors (Lipinski definition) is 2. The van der Waals surface area contributed by atoms with E-state index in [-0.39, 0.29) is 23.1 Å². The first-order valence-electron chi connectivity index (χ1n) is 9.36. The predicted octanol–water partition coefficient (Wildman–Crippen LogP) is 1.24. The van der Waals surface area contributed by atoms with Crippen LogP contribution in [0.4, 0.5) is 0 Å². The van der Waals surface area contributed by atoms with Crippen LogP contribution < -0.4 is 5.32 Å². The summed E-state index contributed by atoms with van der Waals surface area (Å²) in [5.41, 5.74) is 0.587. The highest BCUT2D eigenvalue weighted by atomic mass is 16.5. The molecule has 0 unspecified atom stereocenters. The first-order valence-corrected chi connectivity index (χ1v) is 9.36. The summed E-state index contributed by atoms with van der Waals surface area (Å²) in [6, 6.07) is -0.320. The topological polar surface area (TPSA) is 78.9 Å². The number of carbonyl (C=O) groups is 2. The minimum absolute atomic E-state index is 0.0667. The van der Waals surface area contributed by atoms with Gasteiger partial charge in [-0.15, -0.1) is 0 Å². The van der Waals surface area contributed by atoms with E-state index in [0.717, 1.165) is 32.6 Å². The van der Waals surface area contributed by atoms with Crippen LogP contribution in [0, 0.1) is 11.3 Å². The fraction of sp³-hybridized carbons (Fsp3) is 0.789. The first-order chi connectivity index (χ1) is 11.8. The monoisotopic (exact) mass is 350 g/mol. The van der Waals surface area contributed by atoms with Crippen molar-refractivity contribution in [2.75, 3.05) is 26.3 Å². The molecule has 1 amide bonds. The van der Waals surface area contributed by atoms with Crippen LogP contribution in [0.3, 0.4) is 0 Å².